The number of nitrogens with one attached hydrogen (secondary N) is 1. The number of amides is 2. The molecule has 0 radical (unpaired) electrons. The molecule has 0 unspecified atom stereocenters. The molecule has 2 atom stereocenters. The SMILES string of the molecule is O=C(Nc1csc(-c2ccccn2)n1)N1C[C@@H](O)[C@H](n2ccnn2)C1. The minimum atomic E-state index is -0.688. The summed E-state index contributed by atoms with van der Waals surface area (Å²) in [7, 11) is 0. The summed E-state index contributed by atoms with van der Waals surface area (Å²) in [4.78, 5) is 22.6. The number of hydrogen-bond acceptors (Lipinski definition) is 7. The lowest BCUT2D eigenvalue weighted by Gasteiger charge is -2.15. The second-order valence-corrected chi connectivity index (χ2v) is 6.46. The van der Waals surface area contributed by atoms with Crippen LogP contribution in [0.15, 0.2) is 42.2 Å². The Kier molecular flexibility index (Phi) is 4.12. The van der Waals surface area contributed by atoms with Crippen molar-refractivity contribution in [1.82, 2.24) is 29.9 Å². The topological polar surface area (TPSA) is 109 Å². The number of carbonyl (C=O) groups excluding carboxylic acids is 1. The van der Waals surface area contributed by atoms with Crippen LogP contribution in [0.3, 0.4) is 0 Å². The summed E-state index contributed by atoms with van der Waals surface area (Å²) in [6.45, 7) is 0.585. The van der Waals surface area contributed by atoms with E-state index in [0.717, 1.165) is 10.7 Å². The number of pyridine rings is 1. The molecule has 0 aromatic carbocycles. The summed E-state index contributed by atoms with van der Waals surface area (Å²) in [5.74, 6) is 0.467. The van der Waals surface area contributed by atoms with Crippen LogP contribution in [0.4, 0.5) is 10.6 Å². The predicted octanol–water partition coefficient (Wildman–Crippen LogP) is 1.25. The number of rotatable bonds is 3. The molecule has 0 bridgehead atoms. The minimum absolute atomic E-state index is 0.230. The van der Waals surface area contributed by atoms with Crippen LogP contribution in [-0.2, 0) is 0 Å². The highest BCUT2D eigenvalue weighted by Gasteiger charge is 2.36. The Morgan fingerprint density at radius 3 is 3.00 bits per heavy atom. The lowest BCUT2D eigenvalue weighted by atomic mass is 10.2. The van der Waals surface area contributed by atoms with Crippen molar-refractivity contribution in [3.63, 3.8) is 0 Å². The van der Waals surface area contributed by atoms with Gasteiger partial charge in [0.25, 0.3) is 0 Å². The van der Waals surface area contributed by atoms with E-state index in [0.29, 0.717) is 12.4 Å². The van der Waals surface area contributed by atoms with Crippen LogP contribution in [0.1, 0.15) is 6.04 Å². The van der Waals surface area contributed by atoms with Crippen LogP contribution in [-0.4, -0.2) is 60.2 Å². The molecule has 10 heteroatoms. The summed E-state index contributed by atoms with van der Waals surface area (Å²) >= 11 is 1.41. The smallest absolute Gasteiger partial charge is 0.323 e. The van der Waals surface area contributed by atoms with Crippen LogP contribution in [0, 0.1) is 0 Å². The first kappa shape index (κ1) is 15.7. The lowest BCUT2D eigenvalue weighted by molar-refractivity contribution is 0.139. The zero-order chi connectivity index (χ0) is 17.2. The van der Waals surface area contributed by atoms with E-state index in [1.54, 1.807) is 28.7 Å². The van der Waals surface area contributed by atoms with E-state index < -0.39 is 6.10 Å². The van der Waals surface area contributed by atoms with Gasteiger partial charge in [-0.1, -0.05) is 11.3 Å². The number of carbonyl (C=O) groups is 1. The number of aliphatic hydroxyl groups excluding tert-OH is 1. The Bertz CT molecular complexity index is 852. The average Bonchev–Trinajstić information content (AvgIpc) is 3.35. The lowest BCUT2D eigenvalue weighted by Crippen LogP contribution is -2.33. The number of hydrogen-bond donors (Lipinski definition) is 2. The van der Waals surface area contributed by atoms with Crippen LogP contribution >= 0.6 is 11.3 Å². The molecule has 0 spiro atoms. The van der Waals surface area contributed by atoms with Crippen LogP contribution in [0.2, 0.25) is 0 Å². The van der Waals surface area contributed by atoms with Crippen LogP contribution in [0.5, 0.6) is 0 Å². The number of aliphatic hydroxyl groups is 1. The molecular weight excluding hydrogens is 342 g/mol. The Morgan fingerprint density at radius 2 is 2.24 bits per heavy atom. The molecule has 2 N–H and O–H groups in total. The van der Waals surface area contributed by atoms with Crippen molar-refractivity contribution in [3.8, 4) is 10.7 Å². The van der Waals surface area contributed by atoms with Gasteiger partial charge in [-0.2, -0.15) is 0 Å². The van der Waals surface area contributed by atoms with Gasteiger partial charge >= 0.3 is 6.03 Å². The maximum absolute atomic E-state index is 12.4. The summed E-state index contributed by atoms with van der Waals surface area (Å²) in [5.41, 5.74) is 0.760. The minimum Gasteiger partial charge on any atom is -0.389 e. The van der Waals surface area contributed by atoms with E-state index in [1.807, 2.05) is 18.2 Å². The second-order valence-electron chi connectivity index (χ2n) is 5.61. The average molecular weight is 357 g/mol. The summed E-state index contributed by atoms with van der Waals surface area (Å²) in [6, 6.07) is 4.98. The molecule has 2 amide bonds. The van der Waals surface area contributed by atoms with E-state index in [-0.39, 0.29) is 18.6 Å². The maximum Gasteiger partial charge on any atom is 0.323 e. The standard InChI is InChI=1S/C15H15N7O2S/c23-12-8-21(7-11(12)22-6-5-17-20-22)15(24)19-13-9-25-14(18-13)10-3-1-2-4-16-10/h1-6,9,11-12,23H,7-8H2,(H,19,24)/t11-,12-/m1/s1. The van der Waals surface area contributed by atoms with E-state index in [1.165, 1.54) is 16.2 Å². The first-order chi connectivity index (χ1) is 12.2. The monoisotopic (exact) mass is 357 g/mol. The zero-order valence-corrected chi connectivity index (χ0v) is 13.9. The fourth-order valence-corrected chi connectivity index (χ4v) is 3.44. The molecule has 0 saturated carbocycles. The van der Waals surface area contributed by atoms with Crippen LogP contribution < -0.4 is 5.32 Å². The van der Waals surface area contributed by atoms with E-state index in [2.05, 4.69) is 25.6 Å². The van der Waals surface area contributed by atoms with Crippen molar-refractivity contribution in [2.24, 2.45) is 0 Å². The van der Waals surface area contributed by atoms with E-state index in [9.17, 15) is 9.90 Å². The van der Waals surface area contributed by atoms with Gasteiger partial charge in [-0.3, -0.25) is 10.3 Å². The third-order valence-electron chi connectivity index (χ3n) is 3.95. The van der Waals surface area contributed by atoms with Crippen molar-refractivity contribution >= 4 is 23.2 Å². The number of likely N-dealkylation sites (tertiary alicyclic amines) is 1. The normalized spacial score (nSPS) is 20.0. The maximum atomic E-state index is 12.4. The number of aromatic nitrogens is 5. The second kappa shape index (κ2) is 6.57. The number of anilines is 1. The first-order valence-electron chi connectivity index (χ1n) is 7.67. The largest absolute Gasteiger partial charge is 0.389 e. The molecule has 1 aliphatic heterocycles. The zero-order valence-electron chi connectivity index (χ0n) is 13.1. The van der Waals surface area contributed by atoms with Gasteiger partial charge in [0.05, 0.1) is 30.6 Å². The van der Waals surface area contributed by atoms with Crippen molar-refractivity contribution in [3.05, 3.63) is 42.2 Å². The third-order valence-corrected chi connectivity index (χ3v) is 4.82. The van der Waals surface area contributed by atoms with Crippen molar-refractivity contribution in [2.45, 2.75) is 12.1 Å². The van der Waals surface area contributed by atoms with Gasteiger partial charge < -0.3 is 10.0 Å². The van der Waals surface area contributed by atoms with Gasteiger partial charge in [0.15, 0.2) is 0 Å². The van der Waals surface area contributed by atoms with Crippen molar-refractivity contribution in [2.75, 3.05) is 18.4 Å². The Labute approximate surface area is 147 Å². The predicted molar refractivity (Wildman–Crippen MR) is 91.0 cm³/mol. The summed E-state index contributed by atoms with van der Waals surface area (Å²) < 4.78 is 1.57. The highest BCUT2D eigenvalue weighted by Crippen LogP contribution is 2.25. The number of β-amino-alcohol motifs (C(OH)–C–C–N with tert-alkyl or cyclic N) is 1. The molecular formula is C15H15N7O2S. The first-order valence-corrected chi connectivity index (χ1v) is 8.55. The van der Waals surface area contributed by atoms with E-state index in [4.69, 9.17) is 0 Å². The van der Waals surface area contributed by atoms with E-state index >= 15 is 0 Å². The van der Waals surface area contributed by atoms with Gasteiger partial charge in [-0.05, 0) is 12.1 Å². The van der Waals surface area contributed by atoms with Gasteiger partial charge in [0.2, 0.25) is 0 Å². The third kappa shape index (κ3) is 3.21. The molecule has 9 nitrogen and oxygen atoms in total. The van der Waals surface area contributed by atoms with Gasteiger partial charge in [-0.25, -0.2) is 14.5 Å². The van der Waals surface area contributed by atoms with Gasteiger partial charge in [0.1, 0.15) is 10.8 Å². The summed E-state index contributed by atoms with van der Waals surface area (Å²) in [5, 5.41) is 23.1. The fraction of sp³-hybridized carbons (Fsp3) is 0.267. The molecule has 128 valence electrons. The molecule has 4 heterocycles. The molecule has 3 aromatic heterocycles. The van der Waals surface area contributed by atoms with Gasteiger partial charge in [-0.15, -0.1) is 16.4 Å². The Morgan fingerprint density at radius 1 is 1.32 bits per heavy atom. The number of urea groups is 1. The molecule has 3 aromatic rings. The molecule has 0 aliphatic carbocycles. The highest BCUT2D eigenvalue weighted by atomic mass is 32.1. The van der Waals surface area contributed by atoms with Gasteiger partial charge in [0, 0.05) is 24.3 Å². The molecule has 4 rings (SSSR count). The number of nitrogens with zero attached hydrogens (tertiary/aromatic N) is 6. The van der Waals surface area contributed by atoms with Crippen molar-refractivity contribution < 1.29 is 9.90 Å². The van der Waals surface area contributed by atoms with Crippen LogP contribution in [0.25, 0.3) is 10.7 Å². The fourth-order valence-electron chi connectivity index (χ4n) is 2.72. The quantitative estimate of drug-likeness (QED) is 0.730. The molecule has 1 fully saturated rings. The molecule has 1 aliphatic rings. The molecule has 1 saturated heterocycles. The Hall–Kier alpha value is -2.85. The highest BCUT2D eigenvalue weighted by molar-refractivity contribution is 7.13. The Balaban J connectivity index is 1.42. The number of thiazole rings is 1. The summed E-state index contributed by atoms with van der Waals surface area (Å²) in [6.07, 6.45) is 4.23. The van der Waals surface area contributed by atoms with Crippen molar-refractivity contribution in [1.29, 1.82) is 0 Å². The molecule has 25 heavy (non-hydrogen) atoms.